The Morgan fingerprint density at radius 3 is 1.82 bits per heavy atom. The first-order valence-electron chi connectivity index (χ1n) is 23.1. The van der Waals surface area contributed by atoms with Crippen LogP contribution in [0, 0.1) is 17.8 Å². The smallest absolute Gasteiger partial charge is 0.313 e. The third-order valence-electron chi connectivity index (χ3n) is 12.6. The Balaban J connectivity index is 1.91. The molecule has 2 fully saturated rings. The van der Waals surface area contributed by atoms with E-state index in [0.717, 1.165) is 7.11 Å². The summed E-state index contributed by atoms with van der Waals surface area (Å²) < 4.78 is 34.7. The number of fused-ring (bicyclic) bond motifs is 2. The topological polar surface area (TPSA) is 298 Å². The van der Waals surface area contributed by atoms with Crippen LogP contribution in [0.5, 0.6) is 0 Å². The molecule has 0 aromatic heterocycles. The van der Waals surface area contributed by atoms with Gasteiger partial charge in [0.25, 0.3) is 0 Å². The van der Waals surface area contributed by atoms with Gasteiger partial charge in [-0.2, -0.15) is 0 Å². The molecular formula is C49H77NO17. The number of esters is 2. The van der Waals surface area contributed by atoms with Crippen LogP contribution in [0.2, 0.25) is 0 Å². The van der Waals surface area contributed by atoms with Gasteiger partial charge >= 0.3 is 11.9 Å². The first kappa shape index (κ1) is 57.9. The maximum Gasteiger partial charge on any atom is 0.313 e. The molecule has 19 atom stereocenters. The molecule has 0 aromatic carbocycles. The summed E-state index contributed by atoms with van der Waals surface area (Å²) in [5.74, 6) is -5.23. The van der Waals surface area contributed by atoms with Gasteiger partial charge in [0.1, 0.15) is 18.1 Å². The van der Waals surface area contributed by atoms with Gasteiger partial charge in [-0.3, -0.25) is 9.59 Å². The average Bonchev–Trinajstić information content (AvgIpc) is 3.27. The fourth-order valence-corrected chi connectivity index (χ4v) is 8.28. The lowest BCUT2D eigenvalue weighted by Crippen LogP contribution is -2.61. The number of allylic oxidation sites excluding steroid dienone is 12. The predicted molar refractivity (Wildman–Crippen MR) is 246 cm³/mol. The maximum absolute atomic E-state index is 13.2. The molecule has 2 saturated heterocycles. The van der Waals surface area contributed by atoms with E-state index in [1.165, 1.54) is 7.11 Å². The summed E-state index contributed by atoms with van der Waals surface area (Å²) in [5.41, 5.74) is 6.09. The molecule has 0 aromatic rings. The molecule has 0 unspecified atom stereocenters. The summed E-state index contributed by atoms with van der Waals surface area (Å²) in [6.07, 6.45) is 6.20. The fourth-order valence-electron chi connectivity index (χ4n) is 8.28. The lowest BCUT2D eigenvalue weighted by atomic mass is 9.82. The second-order valence-electron chi connectivity index (χ2n) is 17.9. The molecule has 2 bridgehead atoms. The van der Waals surface area contributed by atoms with E-state index < -0.39 is 128 Å². The van der Waals surface area contributed by atoms with Gasteiger partial charge in [-0.1, -0.05) is 98.9 Å². The molecule has 3 rings (SSSR count). The van der Waals surface area contributed by atoms with Gasteiger partial charge in [-0.15, -0.1) is 0 Å². The van der Waals surface area contributed by atoms with E-state index in [-0.39, 0.29) is 50.9 Å². The van der Waals surface area contributed by atoms with Crippen molar-refractivity contribution in [2.75, 3.05) is 14.2 Å². The largest absolute Gasteiger partial charge is 0.469 e. The van der Waals surface area contributed by atoms with Crippen molar-refractivity contribution in [3.05, 3.63) is 85.1 Å². The van der Waals surface area contributed by atoms with E-state index in [9.17, 15) is 55.5 Å². The molecule has 380 valence electrons. The second-order valence-corrected chi connectivity index (χ2v) is 17.9. The fraction of sp³-hybridized carbons (Fsp3) is 0.673. The molecule has 11 N–H and O–H groups in total. The van der Waals surface area contributed by atoms with Crippen LogP contribution in [0.25, 0.3) is 0 Å². The number of hydrogen-bond donors (Lipinski definition) is 10. The van der Waals surface area contributed by atoms with Crippen LogP contribution in [-0.2, 0) is 38.0 Å². The Labute approximate surface area is 394 Å². The minimum atomic E-state index is -1.73. The van der Waals surface area contributed by atoms with Crippen LogP contribution in [-0.4, -0.2) is 170 Å². The van der Waals surface area contributed by atoms with Crippen molar-refractivity contribution in [2.45, 2.75) is 177 Å². The van der Waals surface area contributed by atoms with Gasteiger partial charge in [-0.05, 0) is 33.1 Å². The molecule has 18 nitrogen and oxygen atoms in total. The molecular weight excluding hydrogens is 876 g/mol. The Hall–Kier alpha value is -3.44. The molecule has 3 aliphatic heterocycles. The number of carbonyl (C=O) groups is 2. The molecule has 0 radical (unpaired) electrons. The summed E-state index contributed by atoms with van der Waals surface area (Å²) >= 11 is 0. The van der Waals surface area contributed by atoms with Gasteiger partial charge in [0, 0.05) is 44.6 Å². The van der Waals surface area contributed by atoms with Crippen LogP contribution in [0.4, 0.5) is 0 Å². The van der Waals surface area contributed by atoms with Crippen LogP contribution >= 0.6 is 0 Å². The minimum absolute atomic E-state index is 0.0690. The lowest BCUT2D eigenvalue weighted by Gasteiger charge is -2.47. The summed E-state index contributed by atoms with van der Waals surface area (Å²) in [5, 5.41) is 97.8. The number of hydrogen-bond acceptors (Lipinski definition) is 18. The van der Waals surface area contributed by atoms with E-state index in [1.807, 2.05) is 49.5 Å². The number of methoxy groups -OCH3 is 2. The monoisotopic (exact) mass is 953 g/mol. The maximum atomic E-state index is 13.2. The van der Waals surface area contributed by atoms with E-state index in [4.69, 9.17) is 34.2 Å². The number of ether oxygens (including phenoxy) is 6. The molecule has 0 spiro atoms. The average molecular weight is 953 g/mol. The second kappa shape index (κ2) is 28.9. The zero-order chi connectivity index (χ0) is 49.8. The summed E-state index contributed by atoms with van der Waals surface area (Å²) in [7, 11) is 2.44. The van der Waals surface area contributed by atoms with Crippen LogP contribution in [0.15, 0.2) is 85.1 Å². The van der Waals surface area contributed by atoms with Crippen LogP contribution in [0.1, 0.15) is 79.1 Å². The Bertz CT molecular complexity index is 1700. The molecule has 0 aliphatic carbocycles. The van der Waals surface area contributed by atoms with Gasteiger partial charge in [0.15, 0.2) is 12.1 Å². The van der Waals surface area contributed by atoms with Crippen molar-refractivity contribution in [3.8, 4) is 0 Å². The molecule has 18 heteroatoms. The third kappa shape index (κ3) is 18.8. The highest BCUT2D eigenvalue weighted by molar-refractivity contribution is 5.74. The minimum Gasteiger partial charge on any atom is -0.469 e. The third-order valence-corrected chi connectivity index (χ3v) is 12.6. The number of nitrogens with two attached hydrogens (primary N) is 1. The van der Waals surface area contributed by atoms with Crippen molar-refractivity contribution >= 4 is 11.9 Å². The highest BCUT2D eigenvalue weighted by atomic mass is 16.7. The standard InChI is InChI=1S/C49H77NO17/c1-29-19-17-15-13-11-9-7-8-10-12-14-16-18-20-36(66-48-46(60)43(50)45(59)32(4)65-48)26-40-42(47(61)62-5)39(56)28-49(63-6,67-40)27-35(53)24-38(55)37(54)22-21-33(51)23-34(52)25-41(57)64-31(3)30(2)44(29)58/h7-20,29-40,42-46,48,51-56,58-60H,21-28,50H2,1-6H3/t29-,30-,31-,32+,33+,34+,35-,36-,37+,38+,39-,40-,42+,43-,44+,45+,46-,48-,49+/m0/s1/i6+1. The zero-order valence-electron chi connectivity index (χ0n) is 39.5. The lowest BCUT2D eigenvalue weighted by molar-refractivity contribution is -0.317. The number of carbonyl (C=O) groups excluding carboxylic acids is 2. The first-order chi connectivity index (χ1) is 31.7. The van der Waals surface area contributed by atoms with Gasteiger partial charge in [0.2, 0.25) is 0 Å². The number of aliphatic hydroxyl groups is 9. The van der Waals surface area contributed by atoms with E-state index >= 15 is 0 Å². The van der Waals surface area contributed by atoms with E-state index in [0.29, 0.717) is 0 Å². The normalized spacial score (nSPS) is 41.1. The van der Waals surface area contributed by atoms with E-state index in [1.54, 1.807) is 63.3 Å². The zero-order valence-corrected chi connectivity index (χ0v) is 39.5. The number of aliphatic hydroxyl groups excluding tert-OH is 9. The van der Waals surface area contributed by atoms with Crippen molar-refractivity contribution in [3.63, 3.8) is 0 Å². The molecule has 3 heterocycles. The van der Waals surface area contributed by atoms with Crippen molar-refractivity contribution in [1.29, 1.82) is 0 Å². The highest BCUT2D eigenvalue weighted by Gasteiger charge is 2.52. The Morgan fingerprint density at radius 1 is 0.657 bits per heavy atom. The Morgan fingerprint density at radius 2 is 1.24 bits per heavy atom. The van der Waals surface area contributed by atoms with Crippen LogP contribution < -0.4 is 5.73 Å². The Kier molecular flexibility index (Phi) is 25.0. The summed E-state index contributed by atoms with van der Waals surface area (Å²) in [4.78, 5) is 25.8. The van der Waals surface area contributed by atoms with Crippen molar-refractivity contribution in [2.24, 2.45) is 23.5 Å². The first-order valence-corrected chi connectivity index (χ1v) is 23.1. The number of cyclic esters (lactones) is 1. The van der Waals surface area contributed by atoms with Gasteiger partial charge in [-0.25, -0.2) is 0 Å². The quantitative estimate of drug-likeness (QED) is 0.141. The molecule has 3 aliphatic rings. The molecule has 67 heavy (non-hydrogen) atoms. The van der Waals surface area contributed by atoms with Crippen molar-refractivity contribution < 1.29 is 84.0 Å². The SMILES string of the molecule is COC(=O)[C@H]1[C@@H]2C[C@@H](O[C@@H]3O[C@H](C)[C@@H](O)[C@H](N)[C@@H]3O)C=CC=CC=CC=CC=CC=CC=C[C@H](C)[C@@H](O)[C@@H](C)[C@H](C)OC(=O)C[C@H](O)C[C@H](O)CC[C@@H](O)[C@H](O)C[C@H](O)C[C@](O[13CH3])(C[C@@H]1O)O2. The van der Waals surface area contributed by atoms with Gasteiger partial charge < -0.3 is 80.1 Å². The highest BCUT2D eigenvalue weighted by Crippen LogP contribution is 2.40. The van der Waals surface area contributed by atoms with E-state index in [2.05, 4.69) is 0 Å². The molecule has 0 amide bonds. The molecule has 0 saturated carbocycles. The summed E-state index contributed by atoms with van der Waals surface area (Å²) in [6, 6.07) is -1.11. The van der Waals surface area contributed by atoms with Crippen molar-refractivity contribution in [1.82, 2.24) is 0 Å². The summed E-state index contributed by atoms with van der Waals surface area (Å²) in [6.45, 7) is 6.82. The predicted octanol–water partition coefficient (Wildman–Crippen LogP) is 1.45. The number of rotatable bonds is 4. The van der Waals surface area contributed by atoms with Crippen LogP contribution in [0.3, 0.4) is 0 Å². The van der Waals surface area contributed by atoms with Gasteiger partial charge in [0.05, 0.1) is 86.7 Å².